The molecule has 2 unspecified atom stereocenters. The Labute approximate surface area is 113 Å². The van der Waals surface area contributed by atoms with Crippen molar-refractivity contribution < 1.29 is 28.9 Å². The predicted molar refractivity (Wildman–Crippen MR) is 66.6 cm³/mol. The number of hydrogen-bond acceptors (Lipinski definition) is 6. The number of carbonyl (C=O) groups excluding carboxylic acids is 2. The highest BCUT2D eigenvalue weighted by Crippen LogP contribution is 2.32. The van der Waals surface area contributed by atoms with Crippen molar-refractivity contribution >= 4 is 11.8 Å². The first kappa shape index (κ1) is 16.1. The van der Waals surface area contributed by atoms with Crippen LogP contribution in [0.1, 0.15) is 26.7 Å². The van der Waals surface area contributed by atoms with Gasteiger partial charge in [0.05, 0.1) is 32.5 Å². The van der Waals surface area contributed by atoms with Crippen LogP contribution in [0.4, 0.5) is 0 Å². The van der Waals surface area contributed by atoms with Crippen LogP contribution < -0.4 is 0 Å². The molecule has 0 spiro atoms. The Morgan fingerprint density at radius 3 is 2.79 bits per heavy atom. The van der Waals surface area contributed by atoms with Crippen LogP contribution in [0.15, 0.2) is 0 Å². The monoisotopic (exact) mass is 274 g/mol. The minimum absolute atomic E-state index is 0.0231. The third kappa shape index (κ3) is 3.99. The minimum Gasteiger partial charge on any atom is -0.465 e. The van der Waals surface area contributed by atoms with E-state index in [2.05, 4.69) is 0 Å². The molecule has 0 amide bonds. The molecule has 110 valence electrons. The predicted octanol–water partition coefficient (Wildman–Crippen LogP) is 0.313. The van der Waals surface area contributed by atoms with Crippen molar-refractivity contribution in [1.82, 2.24) is 0 Å². The minimum atomic E-state index is -1.38. The van der Waals surface area contributed by atoms with Crippen LogP contribution >= 0.6 is 0 Å². The molecule has 2 atom stereocenters. The standard InChI is InChI=1S/C13H22O6/c1-3-17-8-10(14)7-13(12(16)19-4-2)9-18-6-5-11(13)15/h10,14H,3-9H2,1-2H3. The number of ether oxygens (including phenoxy) is 3. The maximum atomic E-state index is 12.1. The van der Waals surface area contributed by atoms with Crippen LogP contribution in [-0.2, 0) is 23.8 Å². The van der Waals surface area contributed by atoms with E-state index in [4.69, 9.17) is 14.2 Å². The first-order valence-corrected chi connectivity index (χ1v) is 6.61. The topological polar surface area (TPSA) is 82.1 Å². The first-order chi connectivity index (χ1) is 9.06. The third-order valence-electron chi connectivity index (χ3n) is 3.12. The van der Waals surface area contributed by atoms with Crippen LogP contribution in [0.2, 0.25) is 0 Å². The van der Waals surface area contributed by atoms with Gasteiger partial charge in [0.15, 0.2) is 11.2 Å². The summed E-state index contributed by atoms with van der Waals surface area (Å²) in [5.74, 6) is -0.844. The molecule has 1 rings (SSSR count). The summed E-state index contributed by atoms with van der Waals surface area (Å²) in [6.07, 6.45) is -0.750. The number of carbonyl (C=O) groups is 2. The highest BCUT2D eigenvalue weighted by molar-refractivity contribution is 6.04. The zero-order chi connectivity index (χ0) is 14.3. The zero-order valence-electron chi connectivity index (χ0n) is 11.5. The number of esters is 1. The molecule has 1 aliphatic heterocycles. The van der Waals surface area contributed by atoms with Gasteiger partial charge in [0, 0.05) is 19.4 Å². The molecule has 0 bridgehead atoms. The van der Waals surface area contributed by atoms with Crippen molar-refractivity contribution in [3.63, 3.8) is 0 Å². The van der Waals surface area contributed by atoms with E-state index in [1.54, 1.807) is 6.92 Å². The van der Waals surface area contributed by atoms with Crippen molar-refractivity contribution in [2.24, 2.45) is 5.41 Å². The lowest BCUT2D eigenvalue weighted by Gasteiger charge is -2.34. The van der Waals surface area contributed by atoms with E-state index >= 15 is 0 Å². The normalized spacial score (nSPS) is 25.1. The quantitative estimate of drug-likeness (QED) is 0.531. The molecule has 6 nitrogen and oxygen atoms in total. The van der Waals surface area contributed by atoms with Crippen molar-refractivity contribution in [3.8, 4) is 0 Å². The summed E-state index contributed by atoms with van der Waals surface area (Å²) in [6.45, 7) is 4.50. The second kappa shape index (κ2) is 7.57. The van der Waals surface area contributed by atoms with Crippen molar-refractivity contribution in [3.05, 3.63) is 0 Å². The highest BCUT2D eigenvalue weighted by Gasteiger charge is 2.50. The van der Waals surface area contributed by atoms with Crippen molar-refractivity contribution in [2.75, 3.05) is 33.0 Å². The van der Waals surface area contributed by atoms with Gasteiger partial charge in [0.25, 0.3) is 0 Å². The summed E-state index contributed by atoms with van der Waals surface area (Å²) in [5.41, 5.74) is -1.38. The Kier molecular flexibility index (Phi) is 6.41. The number of aliphatic hydroxyl groups is 1. The third-order valence-corrected chi connectivity index (χ3v) is 3.12. The second-order valence-electron chi connectivity index (χ2n) is 4.55. The largest absolute Gasteiger partial charge is 0.465 e. The molecule has 0 aliphatic carbocycles. The molecular weight excluding hydrogens is 252 g/mol. The van der Waals surface area contributed by atoms with E-state index < -0.39 is 17.5 Å². The van der Waals surface area contributed by atoms with E-state index in [0.29, 0.717) is 13.2 Å². The molecule has 1 saturated heterocycles. The van der Waals surface area contributed by atoms with Gasteiger partial charge in [-0.15, -0.1) is 0 Å². The molecular formula is C13H22O6. The molecule has 6 heteroatoms. The summed E-state index contributed by atoms with van der Waals surface area (Å²) in [4.78, 5) is 24.2. The van der Waals surface area contributed by atoms with Gasteiger partial charge in [-0.05, 0) is 13.8 Å². The Bertz CT molecular complexity index is 316. The summed E-state index contributed by atoms with van der Waals surface area (Å²) in [7, 11) is 0. The van der Waals surface area contributed by atoms with Gasteiger partial charge in [0.2, 0.25) is 0 Å². The number of rotatable bonds is 7. The van der Waals surface area contributed by atoms with E-state index in [1.165, 1.54) is 0 Å². The summed E-state index contributed by atoms with van der Waals surface area (Å²) in [5, 5.41) is 9.89. The lowest BCUT2D eigenvalue weighted by molar-refractivity contribution is -0.172. The summed E-state index contributed by atoms with van der Waals surface area (Å²) >= 11 is 0. The second-order valence-corrected chi connectivity index (χ2v) is 4.55. The molecule has 0 aromatic heterocycles. The number of ketones is 1. The lowest BCUT2D eigenvalue weighted by Crippen LogP contribution is -2.50. The molecule has 1 heterocycles. The van der Waals surface area contributed by atoms with Gasteiger partial charge in [-0.1, -0.05) is 0 Å². The Balaban J connectivity index is 2.79. The van der Waals surface area contributed by atoms with Gasteiger partial charge in [-0.3, -0.25) is 9.59 Å². The maximum absolute atomic E-state index is 12.1. The fourth-order valence-electron chi connectivity index (χ4n) is 2.14. The van der Waals surface area contributed by atoms with Crippen LogP contribution in [0.25, 0.3) is 0 Å². The van der Waals surface area contributed by atoms with E-state index in [1.807, 2.05) is 6.92 Å². The SMILES string of the molecule is CCOCC(O)CC1(C(=O)OCC)COCCC1=O. The maximum Gasteiger partial charge on any atom is 0.322 e. The first-order valence-electron chi connectivity index (χ1n) is 6.61. The number of Topliss-reactive ketones (excluding diaryl/α,β-unsaturated/α-hetero) is 1. The van der Waals surface area contributed by atoms with Gasteiger partial charge >= 0.3 is 5.97 Å². The molecule has 0 aromatic rings. The van der Waals surface area contributed by atoms with Crippen LogP contribution in [0.5, 0.6) is 0 Å². The zero-order valence-corrected chi connectivity index (χ0v) is 11.5. The van der Waals surface area contributed by atoms with Gasteiger partial charge < -0.3 is 19.3 Å². The molecule has 1 aliphatic rings. The van der Waals surface area contributed by atoms with Crippen LogP contribution in [0.3, 0.4) is 0 Å². The average Bonchev–Trinajstić information content (AvgIpc) is 2.39. The van der Waals surface area contributed by atoms with Crippen molar-refractivity contribution in [2.45, 2.75) is 32.8 Å². The Morgan fingerprint density at radius 1 is 1.47 bits per heavy atom. The molecule has 19 heavy (non-hydrogen) atoms. The van der Waals surface area contributed by atoms with E-state index in [-0.39, 0.29) is 38.4 Å². The Hall–Kier alpha value is -0.980. The average molecular weight is 274 g/mol. The fourth-order valence-corrected chi connectivity index (χ4v) is 2.14. The van der Waals surface area contributed by atoms with Gasteiger partial charge in [-0.25, -0.2) is 0 Å². The van der Waals surface area contributed by atoms with E-state index in [0.717, 1.165) is 0 Å². The Morgan fingerprint density at radius 2 is 2.21 bits per heavy atom. The summed E-state index contributed by atoms with van der Waals surface area (Å²) < 4.78 is 15.3. The lowest BCUT2D eigenvalue weighted by atomic mass is 9.76. The molecule has 1 fully saturated rings. The number of hydrogen-bond donors (Lipinski definition) is 1. The molecule has 0 aromatic carbocycles. The van der Waals surface area contributed by atoms with Crippen LogP contribution in [-0.4, -0.2) is 56.0 Å². The van der Waals surface area contributed by atoms with Crippen LogP contribution in [0, 0.1) is 5.41 Å². The molecule has 0 saturated carbocycles. The van der Waals surface area contributed by atoms with Gasteiger partial charge in [-0.2, -0.15) is 0 Å². The smallest absolute Gasteiger partial charge is 0.322 e. The van der Waals surface area contributed by atoms with Gasteiger partial charge in [0.1, 0.15) is 0 Å². The fraction of sp³-hybridized carbons (Fsp3) is 0.846. The van der Waals surface area contributed by atoms with Crippen molar-refractivity contribution in [1.29, 1.82) is 0 Å². The highest BCUT2D eigenvalue weighted by atomic mass is 16.5. The summed E-state index contributed by atoms with van der Waals surface area (Å²) in [6, 6.07) is 0. The molecule has 0 radical (unpaired) electrons. The molecule has 1 N–H and O–H groups in total. The number of aliphatic hydroxyl groups excluding tert-OH is 1. The van der Waals surface area contributed by atoms with E-state index in [9.17, 15) is 14.7 Å².